The highest BCUT2D eigenvalue weighted by Crippen LogP contribution is 2.20. The SMILES string of the molecule is Nc1ccc(Cc2csc(C(=O)C=C(O)c3nc[nH]n3)c2)cc1. The Balaban J connectivity index is 1.72. The largest absolute Gasteiger partial charge is 0.504 e. The number of benzene rings is 1. The number of thiophene rings is 1. The molecule has 4 N–H and O–H groups in total. The number of aromatic amines is 1. The number of nitrogen functional groups attached to an aromatic ring is 1. The second-order valence-corrected chi connectivity index (χ2v) is 5.87. The standard InChI is InChI=1S/C16H14N4O2S/c17-12-3-1-10(2-4-12)5-11-6-15(23-8-11)13(21)7-14(22)16-18-9-19-20-16/h1-4,6-9,22H,5,17H2,(H,18,19,20). The number of nitrogens with two attached hydrogens (primary N) is 1. The van der Waals surface area contributed by atoms with Crippen LogP contribution in [0.25, 0.3) is 5.76 Å². The van der Waals surface area contributed by atoms with E-state index in [4.69, 9.17) is 5.73 Å². The molecule has 23 heavy (non-hydrogen) atoms. The molecule has 0 aliphatic carbocycles. The summed E-state index contributed by atoms with van der Waals surface area (Å²) in [7, 11) is 0. The van der Waals surface area contributed by atoms with Crippen molar-refractivity contribution in [1.29, 1.82) is 0 Å². The van der Waals surface area contributed by atoms with E-state index in [-0.39, 0.29) is 17.4 Å². The number of aliphatic hydroxyl groups is 1. The highest BCUT2D eigenvalue weighted by atomic mass is 32.1. The van der Waals surface area contributed by atoms with Crippen LogP contribution in [-0.4, -0.2) is 26.1 Å². The summed E-state index contributed by atoms with van der Waals surface area (Å²) < 4.78 is 0. The van der Waals surface area contributed by atoms with Crippen LogP contribution in [0, 0.1) is 0 Å². The first-order valence-electron chi connectivity index (χ1n) is 6.85. The van der Waals surface area contributed by atoms with Gasteiger partial charge in [0, 0.05) is 11.8 Å². The molecule has 7 heteroatoms. The van der Waals surface area contributed by atoms with Crippen molar-refractivity contribution in [3.8, 4) is 0 Å². The first kappa shape index (κ1) is 15.0. The van der Waals surface area contributed by atoms with Crippen molar-refractivity contribution < 1.29 is 9.90 Å². The van der Waals surface area contributed by atoms with Crippen LogP contribution in [-0.2, 0) is 6.42 Å². The highest BCUT2D eigenvalue weighted by molar-refractivity contribution is 7.12. The monoisotopic (exact) mass is 326 g/mol. The van der Waals surface area contributed by atoms with Crippen molar-refractivity contribution in [2.24, 2.45) is 0 Å². The lowest BCUT2D eigenvalue weighted by Gasteiger charge is -1.99. The molecule has 3 aromatic rings. The average molecular weight is 326 g/mol. The molecule has 3 rings (SSSR count). The number of hydrogen-bond acceptors (Lipinski definition) is 6. The number of carbonyl (C=O) groups is 1. The van der Waals surface area contributed by atoms with E-state index in [1.165, 1.54) is 17.7 Å². The molecule has 0 spiro atoms. The van der Waals surface area contributed by atoms with Gasteiger partial charge in [-0.15, -0.1) is 11.3 Å². The van der Waals surface area contributed by atoms with Crippen molar-refractivity contribution in [3.63, 3.8) is 0 Å². The van der Waals surface area contributed by atoms with E-state index in [0.717, 1.165) is 29.3 Å². The fraction of sp³-hybridized carbons (Fsp3) is 0.0625. The van der Waals surface area contributed by atoms with E-state index in [1.54, 1.807) is 0 Å². The van der Waals surface area contributed by atoms with Crippen LogP contribution in [0.1, 0.15) is 26.6 Å². The number of carbonyl (C=O) groups excluding carboxylic acids is 1. The zero-order valence-corrected chi connectivity index (χ0v) is 12.9. The normalized spacial score (nSPS) is 11.6. The molecule has 0 amide bonds. The lowest BCUT2D eigenvalue weighted by molar-refractivity contribution is 0.104. The lowest BCUT2D eigenvalue weighted by Crippen LogP contribution is -1.95. The number of ketones is 1. The number of hydrogen-bond donors (Lipinski definition) is 3. The molecule has 1 aromatic carbocycles. The minimum Gasteiger partial charge on any atom is -0.504 e. The van der Waals surface area contributed by atoms with E-state index < -0.39 is 0 Å². The molecule has 0 radical (unpaired) electrons. The van der Waals surface area contributed by atoms with Crippen LogP contribution in [0.15, 0.2) is 48.1 Å². The Hall–Kier alpha value is -2.93. The second kappa shape index (κ2) is 6.45. The van der Waals surface area contributed by atoms with Gasteiger partial charge >= 0.3 is 0 Å². The number of rotatable bonds is 5. The Morgan fingerprint density at radius 3 is 2.78 bits per heavy atom. The van der Waals surface area contributed by atoms with Crippen molar-refractivity contribution in [1.82, 2.24) is 15.2 Å². The van der Waals surface area contributed by atoms with E-state index in [2.05, 4.69) is 15.2 Å². The number of nitrogens with one attached hydrogen (secondary N) is 1. The fourth-order valence-corrected chi connectivity index (χ4v) is 2.89. The first-order chi connectivity index (χ1) is 11.1. The van der Waals surface area contributed by atoms with E-state index in [1.807, 2.05) is 35.7 Å². The summed E-state index contributed by atoms with van der Waals surface area (Å²) in [6.07, 6.45) is 3.18. The maximum Gasteiger partial charge on any atom is 0.215 e. The maximum atomic E-state index is 12.2. The topological polar surface area (TPSA) is 105 Å². The predicted molar refractivity (Wildman–Crippen MR) is 89.3 cm³/mol. The summed E-state index contributed by atoms with van der Waals surface area (Å²) in [6, 6.07) is 9.45. The quantitative estimate of drug-likeness (QED) is 0.289. The van der Waals surface area contributed by atoms with Crippen LogP contribution < -0.4 is 5.73 Å². The van der Waals surface area contributed by atoms with Crippen LogP contribution >= 0.6 is 11.3 Å². The van der Waals surface area contributed by atoms with Gasteiger partial charge in [-0.05, 0) is 41.1 Å². The van der Waals surface area contributed by atoms with Gasteiger partial charge in [0.1, 0.15) is 6.33 Å². The number of nitrogens with zero attached hydrogens (tertiary/aromatic N) is 2. The molecule has 0 aliphatic heterocycles. The zero-order valence-electron chi connectivity index (χ0n) is 12.1. The number of H-pyrrole nitrogens is 1. The first-order valence-corrected chi connectivity index (χ1v) is 7.73. The van der Waals surface area contributed by atoms with E-state index in [9.17, 15) is 9.90 Å². The smallest absolute Gasteiger partial charge is 0.215 e. The Morgan fingerprint density at radius 2 is 2.09 bits per heavy atom. The van der Waals surface area contributed by atoms with Crippen LogP contribution in [0.5, 0.6) is 0 Å². The average Bonchev–Trinajstić information content (AvgIpc) is 3.21. The number of aliphatic hydroxyl groups excluding tert-OH is 1. The predicted octanol–water partition coefficient (Wildman–Crippen LogP) is 2.82. The minimum atomic E-state index is -0.277. The Bertz CT molecular complexity index is 835. The fourth-order valence-electron chi connectivity index (χ4n) is 2.06. The molecule has 0 aliphatic rings. The molecule has 0 unspecified atom stereocenters. The van der Waals surface area contributed by atoms with Gasteiger partial charge in [0.2, 0.25) is 5.82 Å². The molecule has 0 atom stereocenters. The minimum absolute atomic E-state index is 0.0944. The third-order valence-electron chi connectivity index (χ3n) is 3.20. The molecule has 0 fully saturated rings. The van der Waals surface area contributed by atoms with Gasteiger partial charge < -0.3 is 10.8 Å². The van der Waals surface area contributed by atoms with Crippen molar-refractivity contribution in [2.75, 3.05) is 5.73 Å². The van der Waals surface area contributed by atoms with Gasteiger partial charge in [0.15, 0.2) is 11.5 Å². The lowest BCUT2D eigenvalue weighted by atomic mass is 10.1. The van der Waals surface area contributed by atoms with Crippen LogP contribution in [0.3, 0.4) is 0 Å². The summed E-state index contributed by atoms with van der Waals surface area (Å²) in [5, 5.41) is 17.9. The van der Waals surface area contributed by atoms with Crippen molar-refractivity contribution in [2.45, 2.75) is 6.42 Å². The van der Waals surface area contributed by atoms with Gasteiger partial charge in [-0.2, -0.15) is 5.10 Å². The van der Waals surface area contributed by atoms with E-state index in [0.29, 0.717) is 4.88 Å². The molecule has 2 heterocycles. The van der Waals surface area contributed by atoms with Crippen molar-refractivity contribution in [3.05, 3.63) is 69.9 Å². The summed E-state index contributed by atoms with van der Waals surface area (Å²) in [5.74, 6) is -0.442. The number of anilines is 1. The van der Waals surface area contributed by atoms with E-state index >= 15 is 0 Å². The molecular weight excluding hydrogens is 312 g/mol. The zero-order chi connectivity index (χ0) is 16.2. The van der Waals surface area contributed by atoms with Gasteiger partial charge in [-0.3, -0.25) is 9.89 Å². The van der Waals surface area contributed by atoms with Gasteiger partial charge in [-0.1, -0.05) is 12.1 Å². The van der Waals surface area contributed by atoms with Crippen LogP contribution in [0.4, 0.5) is 5.69 Å². The summed E-state index contributed by atoms with van der Waals surface area (Å²) in [6.45, 7) is 0. The van der Waals surface area contributed by atoms with Gasteiger partial charge in [-0.25, -0.2) is 4.98 Å². The third-order valence-corrected chi connectivity index (χ3v) is 4.19. The van der Waals surface area contributed by atoms with Gasteiger partial charge in [0.05, 0.1) is 4.88 Å². The summed E-state index contributed by atoms with van der Waals surface area (Å²) >= 11 is 1.34. The molecular formula is C16H14N4O2S. The molecule has 116 valence electrons. The third kappa shape index (κ3) is 3.64. The van der Waals surface area contributed by atoms with Crippen LogP contribution in [0.2, 0.25) is 0 Å². The molecule has 6 nitrogen and oxygen atoms in total. The van der Waals surface area contributed by atoms with Crippen molar-refractivity contribution >= 4 is 28.6 Å². The Morgan fingerprint density at radius 1 is 1.30 bits per heavy atom. The summed E-state index contributed by atoms with van der Waals surface area (Å²) in [5.41, 5.74) is 8.55. The molecule has 0 saturated carbocycles. The second-order valence-electron chi connectivity index (χ2n) is 4.95. The Labute approximate surface area is 136 Å². The highest BCUT2D eigenvalue weighted by Gasteiger charge is 2.11. The van der Waals surface area contributed by atoms with Gasteiger partial charge in [0.25, 0.3) is 0 Å². The number of allylic oxidation sites excluding steroid dienone is 1. The molecule has 0 saturated heterocycles. The summed E-state index contributed by atoms with van der Waals surface area (Å²) in [4.78, 5) is 16.5. The molecule has 0 bridgehead atoms. The number of aromatic nitrogens is 3. The molecule has 2 aromatic heterocycles. The Kier molecular flexibility index (Phi) is 4.20. The maximum absolute atomic E-state index is 12.2.